The Bertz CT molecular complexity index is 231. The highest BCUT2D eigenvalue weighted by molar-refractivity contribution is 7.80. The summed E-state index contributed by atoms with van der Waals surface area (Å²) in [6.45, 7) is 7.92. The first-order valence-corrected chi connectivity index (χ1v) is 4.51. The second kappa shape index (κ2) is 4.93. The van der Waals surface area contributed by atoms with Crippen LogP contribution in [-0.4, -0.2) is 22.7 Å². The molecule has 0 aromatic rings. The molecule has 0 saturated carbocycles. The maximum absolute atomic E-state index is 5.06. The van der Waals surface area contributed by atoms with Crippen molar-refractivity contribution in [2.45, 2.75) is 33.2 Å². The van der Waals surface area contributed by atoms with Crippen molar-refractivity contribution in [1.82, 2.24) is 15.8 Å². The van der Waals surface area contributed by atoms with Crippen molar-refractivity contribution in [3.8, 4) is 12.0 Å². The molecule has 0 aliphatic rings. The van der Waals surface area contributed by atoms with Crippen molar-refractivity contribution in [2.75, 3.05) is 7.05 Å². The van der Waals surface area contributed by atoms with Gasteiger partial charge in [0.1, 0.15) is 0 Å². The second-order valence-electron chi connectivity index (χ2n) is 3.74. The van der Waals surface area contributed by atoms with Crippen LogP contribution in [-0.2, 0) is 0 Å². The van der Waals surface area contributed by atoms with Crippen molar-refractivity contribution >= 4 is 17.3 Å². The molecule has 0 aromatic carbocycles. The van der Waals surface area contributed by atoms with Crippen LogP contribution in [0.15, 0.2) is 0 Å². The van der Waals surface area contributed by atoms with Gasteiger partial charge in [0, 0.05) is 18.6 Å². The van der Waals surface area contributed by atoms with E-state index < -0.39 is 0 Å². The van der Waals surface area contributed by atoms with E-state index >= 15 is 0 Å². The molecule has 2 N–H and O–H groups in total. The Labute approximate surface area is 85.8 Å². The first-order valence-electron chi connectivity index (χ1n) is 4.10. The topological polar surface area (TPSA) is 27.3 Å². The average molecular weight is 199 g/mol. The molecule has 0 atom stereocenters. The number of nitrogens with one attached hydrogen (secondary N) is 2. The molecule has 4 heteroatoms. The van der Waals surface area contributed by atoms with E-state index in [0.717, 1.165) is 0 Å². The fourth-order valence-corrected chi connectivity index (χ4v) is 1.16. The number of nitrogens with zero attached hydrogens (tertiary/aromatic N) is 1. The molecule has 0 unspecified atom stereocenters. The van der Waals surface area contributed by atoms with E-state index in [0.29, 0.717) is 5.11 Å². The van der Waals surface area contributed by atoms with Gasteiger partial charge in [0.05, 0.1) is 0 Å². The van der Waals surface area contributed by atoms with Gasteiger partial charge >= 0.3 is 0 Å². The van der Waals surface area contributed by atoms with E-state index in [-0.39, 0.29) is 5.54 Å². The predicted octanol–water partition coefficient (Wildman–Crippen LogP) is 1.08. The summed E-state index contributed by atoms with van der Waals surface area (Å²) in [5.74, 6) is 2.76. The van der Waals surface area contributed by atoms with Gasteiger partial charge in [0.25, 0.3) is 0 Å². The second-order valence-corrected chi connectivity index (χ2v) is 4.14. The molecule has 0 aromatic heterocycles. The average Bonchev–Trinajstić information content (AvgIpc) is 1.81. The first-order chi connectivity index (χ1) is 5.85. The van der Waals surface area contributed by atoms with Crippen LogP contribution in [0.1, 0.15) is 27.7 Å². The molecule has 0 aliphatic heterocycles. The highest BCUT2D eigenvalue weighted by Crippen LogP contribution is 1.97. The molecule has 0 heterocycles. The Morgan fingerprint density at radius 3 is 2.31 bits per heavy atom. The summed E-state index contributed by atoms with van der Waals surface area (Å²) in [5.41, 5.74) is 2.89. The van der Waals surface area contributed by atoms with Gasteiger partial charge in [-0.25, -0.2) is 5.01 Å². The van der Waals surface area contributed by atoms with Crippen LogP contribution >= 0.6 is 12.2 Å². The maximum Gasteiger partial charge on any atom is 0.186 e. The van der Waals surface area contributed by atoms with Gasteiger partial charge in [-0.15, -0.1) is 0 Å². The summed E-state index contributed by atoms with van der Waals surface area (Å²) in [6.07, 6.45) is 0. The molecule has 0 radical (unpaired) electrons. The zero-order valence-electron chi connectivity index (χ0n) is 8.86. The molecule has 0 bridgehead atoms. The van der Waals surface area contributed by atoms with Gasteiger partial charge in [-0.1, -0.05) is 5.92 Å². The number of thiocarbonyl (C=S) groups is 1. The third kappa shape index (κ3) is 7.41. The van der Waals surface area contributed by atoms with Gasteiger partial charge in [-0.3, -0.25) is 5.43 Å². The summed E-state index contributed by atoms with van der Waals surface area (Å²) >= 11 is 5.06. The standard InChI is InChI=1S/C9H17N3S/c1-6-7-12(5)11-8(13)10-9(2,3)4/h1-5H3,(H2,10,11,13). The molecule has 0 spiro atoms. The van der Waals surface area contributed by atoms with Gasteiger partial charge in [0.15, 0.2) is 5.11 Å². The maximum atomic E-state index is 5.06. The monoisotopic (exact) mass is 199 g/mol. The molecule has 74 valence electrons. The molecular formula is C9H17N3S. The summed E-state index contributed by atoms with van der Waals surface area (Å²) in [7, 11) is 1.81. The highest BCUT2D eigenvalue weighted by Gasteiger charge is 2.10. The number of hydrogen-bond donors (Lipinski definition) is 2. The highest BCUT2D eigenvalue weighted by atomic mass is 32.1. The largest absolute Gasteiger partial charge is 0.357 e. The Hall–Kier alpha value is -0.950. The fourth-order valence-electron chi connectivity index (χ4n) is 0.717. The quantitative estimate of drug-likeness (QED) is 0.286. The molecule has 0 fully saturated rings. The normalized spacial score (nSPS) is 9.62. The Morgan fingerprint density at radius 2 is 1.92 bits per heavy atom. The van der Waals surface area contributed by atoms with Crippen LogP contribution in [0, 0.1) is 12.0 Å². The Balaban J connectivity index is 3.93. The van der Waals surface area contributed by atoms with Crippen LogP contribution in [0.2, 0.25) is 0 Å². The van der Waals surface area contributed by atoms with Crippen molar-refractivity contribution < 1.29 is 0 Å². The van der Waals surface area contributed by atoms with Gasteiger partial charge in [-0.05, 0) is 39.9 Å². The third-order valence-corrected chi connectivity index (χ3v) is 1.23. The first kappa shape index (κ1) is 12.0. The van der Waals surface area contributed by atoms with Crippen LogP contribution in [0.25, 0.3) is 0 Å². The van der Waals surface area contributed by atoms with E-state index in [1.165, 1.54) is 0 Å². The SMILES string of the molecule is CC#CN(C)NC(=S)NC(C)(C)C. The Morgan fingerprint density at radius 1 is 1.38 bits per heavy atom. The van der Waals surface area contributed by atoms with Crippen LogP contribution in [0.5, 0.6) is 0 Å². The predicted molar refractivity (Wildman–Crippen MR) is 59.8 cm³/mol. The van der Waals surface area contributed by atoms with Crippen molar-refractivity contribution in [1.29, 1.82) is 0 Å². The molecule has 0 amide bonds. The molecule has 0 rings (SSSR count). The third-order valence-electron chi connectivity index (χ3n) is 1.04. The lowest BCUT2D eigenvalue weighted by molar-refractivity contribution is 0.413. The fraction of sp³-hybridized carbons (Fsp3) is 0.667. The zero-order chi connectivity index (χ0) is 10.5. The van der Waals surface area contributed by atoms with Crippen molar-refractivity contribution in [3.05, 3.63) is 0 Å². The number of rotatable bonds is 1. The van der Waals surface area contributed by atoms with Crippen LogP contribution in [0.4, 0.5) is 0 Å². The lowest BCUT2D eigenvalue weighted by atomic mass is 10.1. The van der Waals surface area contributed by atoms with Crippen LogP contribution in [0.3, 0.4) is 0 Å². The zero-order valence-corrected chi connectivity index (χ0v) is 9.67. The van der Waals surface area contributed by atoms with Gasteiger partial charge < -0.3 is 5.32 Å². The summed E-state index contributed by atoms with van der Waals surface area (Å²) in [6, 6.07) is 2.81. The van der Waals surface area contributed by atoms with E-state index in [9.17, 15) is 0 Å². The smallest absolute Gasteiger partial charge is 0.186 e. The van der Waals surface area contributed by atoms with Crippen molar-refractivity contribution in [3.63, 3.8) is 0 Å². The van der Waals surface area contributed by atoms with E-state index in [2.05, 4.69) is 22.7 Å². The minimum Gasteiger partial charge on any atom is -0.357 e. The summed E-state index contributed by atoms with van der Waals surface area (Å²) in [5, 5.41) is 5.33. The summed E-state index contributed by atoms with van der Waals surface area (Å²) in [4.78, 5) is 0. The van der Waals surface area contributed by atoms with Crippen LogP contribution < -0.4 is 10.7 Å². The minimum absolute atomic E-state index is 0.0232. The molecule has 13 heavy (non-hydrogen) atoms. The molecule has 0 saturated heterocycles. The van der Waals surface area contributed by atoms with E-state index in [1.54, 1.807) is 11.9 Å². The van der Waals surface area contributed by atoms with E-state index in [1.807, 2.05) is 27.8 Å². The molecular weight excluding hydrogens is 182 g/mol. The minimum atomic E-state index is -0.0232. The number of hydrogen-bond acceptors (Lipinski definition) is 2. The summed E-state index contributed by atoms with van der Waals surface area (Å²) < 4.78 is 0. The lowest BCUT2D eigenvalue weighted by Crippen LogP contribution is -2.50. The van der Waals surface area contributed by atoms with E-state index in [4.69, 9.17) is 12.2 Å². The number of hydrazine groups is 1. The lowest BCUT2D eigenvalue weighted by Gasteiger charge is -2.24. The van der Waals surface area contributed by atoms with Gasteiger partial charge in [-0.2, -0.15) is 0 Å². The van der Waals surface area contributed by atoms with Gasteiger partial charge in [0.2, 0.25) is 0 Å². The Kier molecular flexibility index (Phi) is 4.57. The molecule has 0 aliphatic carbocycles. The van der Waals surface area contributed by atoms with Crippen molar-refractivity contribution in [2.24, 2.45) is 0 Å². The molecule has 3 nitrogen and oxygen atoms in total.